The molecule has 0 amide bonds. The Bertz CT molecular complexity index is 278. The average molecular weight is 196 g/mol. The quantitative estimate of drug-likeness (QED) is 0.802. The Hall–Kier alpha value is -0.410. The van der Waals surface area contributed by atoms with E-state index in [1.807, 2.05) is 0 Å². The molecule has 1 saturated carbocycles. The topological polar surface area (TPSA) is 38.9 Å². The van der Waals surface area contributed by atoms with Gasteiger partial charge < -0.3 is 5.73 Å². The van der Waals surface area contributed by atoms with Crippen molar-refractivity contribution in [3.63, 3.8) is 0 Å². The van der Waals surface area contributed by atoms with Crippen molar-refractivity contribution in [3.05, 3.63) is 16.1 Å². The Labute approximate surface area is 83.2 Å². The van der Waals surface area contributed by atoms with E-state index < -0.39 is 0 Å². The van der Waals surface area contributed by atoms with Crippen LogP contribution in [0.25, 0.3) is 0 Å². The number of aromatic nitrogens is 1. The van der Waals surface area contributed by atoms with E-state index in [-0.39, 0.29) is 0 Å². The summed E-state index contributed by atoms with van der Waals surface area (Å²) in [7, 11) is 0. The number of hydrogen-bond donors (Lipinski definition) is 1. The Kier molecular flexibility index (Phi) is 2.65. The van der Waals surface area contributed by atoms with Crippen molar-refractivity contribution in [2.24, 2.45) is 5.73 Å². The molecular weight excluding hydrogens is 180 g/mol. The fraction of sp³-hybridized carbons (Fsp3) is 0.700. The van der Waals surface area contributed by atoms with E-state index in [1.54, 1.807) is 11.3 Å². The van der Waals surface area contributed by atoms with E-state index in [2.05, 4.69) is 17.3 Å². The summed E-state index contributed by atoms with van der Waals surface area (Å²) in [5.41, 5.74) is 7.18. The Balaban J connectivity index is 1.96. The number of nitrogens with two attached hydrogens (primary N) is 1. The van der Waals surface area contributed by atoms with Crippen LogP contribution in [-0.2, 0) is 6.42 Å². The third-order valence-corrected chi connectivity index (χ3v) is 3.42. The van der Waals surface area contributed by atoms with Gasteiger partial charge in [-0.15, -0.1) is 11.3 Å². The number of hydrogen-bond acceptors (Lipinski definition) is 3. The van der Waals surface area contributed by atoms with Crippen LogP contribution in [0.1, 0.15) is 42.8 Å². The van der Waals surface area contributed by atoms with E-state index in [0.717, 1.165) is 18.8 Å². The Morgan fingerprint density at radius 3 is 3.08 bits per heavy atom. The van der Waals surface area contributed by atoms with Crippen LogP contribution in [0.3, 0.4) is 0 Å². The van der Waals surface area contributed by atoms with Crippen LogP contribution in [0, 0.1) is 0 Å². The summed E-state index contributed by atoms with van der Waals surface area (Å²) in [6, 6.07) is 0.290. The van der Waals surface area contributed by atoms with E-state index in [9.17, 15) is 0 Å². The molecule has 0 saturated heterocycles. The van der Waals surface area contributed by atoms with Gasteiger partial charge in [0.2, 0.25) is 0 Å². The first kappa shape index (κ1) is 9.16. The molecule has 2 nitrogen and oxygen atoms in total. The normalized spacial score (nSPS) is 18.9. The van der Waals surface area contributed by atoms with Crippen molar-refractivity contribution in [3.8, 4) is 0 Å². The smallest absolute Gasteiger partial charge is 0.0943 e. The molecule has 1 aromatic rings. The second-order valence-corrected chi connectivity index (χ2v) is 4.76. The van der Waals surface area contributed by atoms with Gasteiger partial charge >= 0.3 is 0 Å². The maximum atomic E-state index is 5.87. The highest BCUT2D eigenvalue weighted by Gasteiger charge is 2.26. The maximum absolute atomic E-state index is 5.87. The third kappa shape index (κ3) is 2.29. The first-order valence-corrected chi connectivity index (χ1v) is 5.87. The number of nitrogens with zero attached hydrogens (tertiary/aromatic N) is 1. The zero-order chi connectivity index (χ0) is 9.26. The highest BCUT2D eigenvalue weighted by molar-refractivity contribution is 7.09. The van der Waals surface area contributed by atoms with Crippen LogP contribution < -0.4 is 5.73 Å². The summed E-state index contributed by atoms with van der Waals surface area (Å²) in [6.45, 7) is 2.13. The summed E-state index contributed by atoms with van der Waals surface area (Å²) in [5, 5.41) is 3.42. The molecule has 0 radical (unpaired) electrons. The van der Waals surface area contributed by atoms with Crippen LogP contribution in [-0.4, -0.2) is 11.0 Å². The molecule has 72 valence electrons. The molecule has 0 bridgehead atoms. The van der Waals surface area contributed by atoms with Gasteiger partial charge in [0.1, 0.15) is 0 Å². The molecular formula is C10H16N2S. The van der Waals surface area contributed by atoms with Crippen molar-refractivity contribution in [2.75, 3.05) is 0 Å². The largest absolute Gasteiger partial charge is 0.327 e. The predicted molar refractivity (Wildman–Crippen MR) is 56.1 cm³/mol. The second kappa shape index (κ2) is 3.76. The molecule has 1 aromatic heterocycles. The van der Waals surface area contributed by atoms with E-state index >= 15 is 0 Å². The highest BCUT2D eigenvalue weighted by Crippen LogP contribution is 2.40. The first-order valence-electron chi connectivity index (χ1n) is 4.99. The van der Waals surface area contributed by atoms with E-state index in [4.69, 9.17) is 5.73 Å². The van der Waals surface area contributed by atoms with Gasteiger partial charge in [-0.2, -0.15) is 0 Å². The van der Waals surface area contributed by atoms with Crippen LogP contribution in [0.4, 0.5) is 0 Å². The minimum Gasteiger partial charge on any atom is -0.327 e. The van der Waals surface area contributed by atoms with Gasteiger partial charge in [0.05, 0.1) is 10.7 Å². The van der Waals surface area contributed by atoms with E-state index in [1.165, 1.54) is 23.5 Å². The minimum atomic E-state index is 0.290. The van der Waals surface area contributed by atoms with Gasteiger partial charge in [-0.25, -0.2) is 4.98 Å². The summed E-state index contributed by atoms with van der Waals surface area (Å²) in [4.78, 5) is 4.60. The van der Waals surface area contributed by atoms with Gasteiger partial charge in [-0.1, -0.05) is 6.92 Å². The number of rotatable bonds is 4. The lowest BCUT2D eigenvalue weighted by molar-refractivity contribution is 0.643. The fourth-order valence-corrected chi connectivity index (χ4v) is 2.32. The molecule has 0 spiro atoms. The van der Waals surface area contributed by atoms with Gasteiger partial charge in [0, 0.05) is 23.8 Å². The lowest BCUT2D eigenvalue weighted by atomic mass is 10.2. The average Bonchev–Trinajstić information content (AvgIpc) is 2.88. The molecule has 1 unspecified atom stereocenters. The fourth-order valence-electron chi connectivity index (χ4n) is 1.35. The maximum Gasteiger partial charge on any atom is 0.0943 e. The molecule has 2 rings (SSSR count). The summed E-state index contributed by atoms with van der Waals surface area (Å²) in [5.74, 6) is 0.780. The zero-order valence-corrected chi connectivity index (χ0v) is 8.81. The minimum absolute atomic E-state index is 0.290. The summed E-state index contributed by atoms with van der Waals surface area (Å²) < 4.78 is 0. The van der Waals surface area contributed by atoms with Crippen LogP contribution in [0.2, 0.25) is 0 Å². The molecule has 3 heteroatoms. The Morgan fingerprint density at radius 1 is 1.69 bits per heavy atom. The zero-order valence-electron chi connectivity index (χ0n) is 7.99. The van der Waals surface area contributed by atoms with Gasteiger partial charge in [0.25, 0.3) is 0 Å². The molecule has 1 aliphatic carbocycles. The SMILES string of the molecule is CCC(N)Cc1nc(C2CC2)cs1. The van der Waals surface area contributed by atoms with Crippen molar-refractivity contribution in [1.29, 1.82) is 0 Å². The standard InChI is InChI=1S/C10H16N2S/c1-2-8(11)5-10-12-9(6-13-10)7-3-4-7/h6-8H,2-5,11H2,1H3. The lowest BCUT2D eigenvalue weighted by Gasteiger charge is -2.04. The monoisotopic (exact) mass is 196 g/mol. The molecule has 1 fully saturated rings. The van der Waals surface area contributed by atoms with Gasteiger partial charge in [-0.05, 0) is 19.3 Å². The molecule has 2 N–H and O–H groups in total. The summed E-state index contributed by atoms with van der Waals surface area (Å²) >= 11 is 1.77. The van der Waals surface area contributed by atoms with Crippen LogP contribution >= 0.6 is 11.3 Å². The van der Waals surface area contributed by atoms with Crippen LogP contribution in [0.15, 0.2) is 5.38 Å². The molecule has 1 atom stereocenters. The molecule has 1 aliphatic rings. The third-order valence-electron chi connectivity index (χ3n) is 2.53. The van der Waals surface area contributed by atoms with Crippen molar-refractivity contribution >= 4 is 11.3 Å². The second-order valence-electron chi connectivity index (χ2n) is 3.81. The van der Waals surface area contributed by atoms with Crippen molar-refractivity contribution in [1.82, 2.24) is 4.98 Å². The van der Waals surface area contributed by atoms with Gasteiger partial charge in [0.15, 0.2) is 0 Å². The van der Waals surface area contributed by atoms with Crippen molar-refractivity contribution in [2.45, 2.75) is 44.6 Å². The van der Waals surface area contributed by atoms with Crippen LogP contribution in [0.5, 0.6) is 0 Å². The molecule has 0 aliphatic heterocycles. The Morgan fingerprint density at radius 2 is 2.46 bits per heavy atom. The van der Waals surface area contributed by atoms with Gasteiger partial charge in [-0.3, -0.25) is 0 Å². The predicted octanol–water partition coefficient (Wildman–Crippen LogP) is 2.30. The van der Waals surface area contributed by atoms with Crippen molar-refractivity contribution < 1.29 is 0 Å². The molecule has 0 aromatic carbocycles. The summed E-state index contributed by atoms with van der Waals surface area (Å²) in [6.07, 6.45) is 4.66. The molecule has 1 heterocycles. The first-order chi connectivity index (χ1) is 6.29. The highest BCUT2D eigenvalue weighted by atomic mass is 32.1. The number of thiazole rings is 1. The lowest BCUT2D eigenvalue weighted by Crippen LogP contribution is -2.21. The molecule has 13 heavy (non-hydrogen) atoms. The van der Waals surface area contributed by atoms with E-state index in [0.29, 0.717) is 6.04 Å².